The maximum absolute atomic E-state index is 11.6. The maximum Gasteiger partial charge on any atom is 0.226 e. The minimum atomic E-state index is -0.189. The molecule has 1 aromatic carbocycles. The molecule has 90 valence electrons. The normalized spacial score (nSPS) is 9.71. The fourth-order valence-corrected chi connectivity index (χ4v) is 1.28. The summed E-state index contributed by atoms with van der Waals surface area (Å²) in [6.45, 7) is 5.44. The summed E-state index contributed by atoms with van der Waals surface area (Å²) in [5, 5.41) is 11.5. The van der Waals surface area contributed by atoms with Crippen LogP contribution in [0.5, 0.6) is 0 Å². The Morgan fingerprint density at radius 2 is 2.18 bits per heavy atom. The fraction of sp³-hybridized carbons (Fsp3) is 0.357. The molecule has 0 aliphatic carbocycles. The third-order valence-corrected chi connectivity index (χ3v) is 2.26. The SMILES string of the molecule is Cc1ccc(NC(=O)C(C)C)c(C#CCO)c1. The Labute approximate surface area is 102 Å². The first-order chi connectivity index (χ1) is 8.04. The Hall–Kier alpha value is -1.79. The first kappa shape index (κ1) is 13.3. The van der Waals surface area contributed by atoms with Crippen molar-refractivity contribution in [2.24, 2.45) is 5.92 Å². The smallest absolute Gasteiger partial charge is 0.226 e. The van der Waals surface area contributed by atoms with Crippen molar-refractivity contribution >= 4 is 11.6 Å². The Morgan fingerprint density at radius 3 is 2.76 bits per heavy atom. The Kier molecular flexibility index (Phi) is 4.74. The summed E-state index contributed by atoms with van der Waals surface area (Å²) in [7, 11) is 0. The molecule has 0 saturated heterocycles. The third-order valence-electron chi connectivity index (χ3n) is 2.26. The second-order valence-corrected chi connectivity index (χ2v) is 4.15. The number of aliphatic hydroxyl groups is 1. The highest BCUT2D eigenvalue weighted by Crippen LogP contribution is 2.17. The summed E-state index contributed by atoms with van der Waals surface area (Å²) in [6, 6.07) is 5.63. The van der Waals surface area contributed by atoms with Crippen LogP contribution in [0.25, 0.3) is 0 Å². The molecule has 0 radical (unpaired) electrons. The molecule has 17 heavy (non-hydrogen) atoms. The Morgan fingerprint density at radius 1 is 1.47 bits per heavy atom. The van der Waals surface area contributed by atoms with Crippen LogP contribution in [0.3, 0.4) is 0 Å². The van der Waals surface area contributed by atoms with Crippen molar-refractivity contribution in [2.45, 2.75) is 20.8 Å². The number of aliphatic hydroxyl groups excluding tert-OH is 1. The van der Waals surface area contributed by atoms with Crippen LogP contribution in [-0.2, 0) is 4.79 Å². The zero-order valence-corrected chi connectivity index (χ0v) is 10.4. The minimum Gasteiger partial charge on any atom is -0.384 e. The lowest BCUT2D eigenvalue weighted by Gasteiger charge is -2.10. The number of anilines is 1. The highest BCUT2D eigenvalue weighted by molar-refractivity contribution is 5.93. The molecule has 0 aliphatic rings. The van der Waals surface area contributed by atoms with E-state index >= 15 is 0 Å². The average molecular weight is 231 g/mol. The predicted octanol–water partition coefficient (Wildman–Crippen LogP) is 1.93. The lowest BCUT2D eigenvalue weighted by atomic mass is 10.1. The van der Waals surface area contributed by atoms with Gasteiger partial charge in [-0.3, -0.25) is 4.79 Å². The van der Waals surface area contributed by atoms with E-state index in [-0.39, 0.29) is 18.4 Å². The van der Waals surface area contributed by atoms with Crippen LogP contribution >= 0.6 is 0 Å². The molecule has 0 unspecified atom stereocenters. The standard InChI is InChI=1S/C14H17NO2/c1-10(2)14(17)15-13-7-6-11(3)9-12(13)5-4-8-16/h6-7,9-10,16H,8H2,1-3H3,(H,15,17). The van der Waals surface area contributed by atoms with Gasteiger partial charge in [-0.15, -0.1) is 0 Å². The number of benzene rings is 1. The molecule has 0 saturated carbocycles. The average Bonchev–Trinajstić information content (AvgIpc) is 2.29. The Bertz CT molecular complexity index is 467. The predicted molar refractivity (Wildman–Crippen MR) is 68.6 cm³/mol. The van der Waals surface area contributed by atoms with E-state index < -0.39 is 0 Å². The second-order valence-electron chi connectivity index (χ2n) is 4.15. The van der Waals surface area contributed by atoms with Gasteiger partial charge in [0.25, 0.3) is 0 Å². The van der Waals surface area contributed by atoms with Crippen LogP contribution in [0.1, 0.15) is 25.0 Å². The summed E-state index contributed by atoms with van der Waals surface area (Å²) in [6.07, 6.45) is 0. The van der Waals surface area contributed by atoms with E-state index in [0.29, 0.717) is 5.69 Å². The number of carbonyl (C=O) groups excluding carboxylic acids is 1. The van der Waals surface area contributed by atoms with Gasteiger partial charge in [0, 0.05) is 11.5 Å². The molecule has 1 amide bonds. The van der Waals surface area contributed by atoms with E-state index in [4.69, 9.17) is 5.11 Å². The van der Waals surface area contributed by atoms with Crippen LogP contribution in [0, 0.1) is 24.7 Å². The van der Waals surface area contributed by atoms with Gasteiger partial charge in [-0.2, -0.15) is 0 Å². The zero-order chi connectivity index (χ0) is 12.8. The van der Waals surface area contributed by atoms with E-state index in [1.165, 1.54) is 0 Å². The van der Waals surface area contributed by atoms with E-state index in [2.05, 4.69) is 17.2 Å². The van der Waals surface area contributed by atoms with Crippen molar-refractivity contribution in [3.05, 3.63) is 29.3 Å². The van der Waals surface area contributed by atoms with Crippen molar-refractivity contribution in [1.82, 2.24) is 0 Å². The third kappa shape index (κ3) is 3.93. The summed E-state index contributed by atoms with van der Waals surface area (Å²) >= 11 is 0. The van der Waals surface area contributed by atoms with Crippen molar-refractivity contribution in [3.8, 4) is 11.8 Å². The van der Waals surface area contributed by atoms with Gasteiger partial charge in [0.05, 0.1) is 5.69 Å². The lowest BCUT2D eigenvalue weighted by molar-refractivity contribution is -0.118. The maximum atomic E-state index is 11.6. The summed E-state index contributed by atoms with van der Waals surface area (Å²) in [5.41, 5.74) is 2.48. The minimum absolute atomic E-state index is 0.0408. The van der Waals surface area contributed by atoms with Crippen molar-refractivity contribution in [1.29, 1.82) is 0 Å². The van der Waals surface area contributed by atoms with Crippen LogP contribution < -0.4 is 5.32 Å². The van der Waals surface area contributed by atoms with Crippen LogP contribution in [0.15, 0.2) is 18.2 Å². The molecule has 0 bridgehead atoms. The van der Waals surface area contributed by atoms with Gasteiger partial charge in [-0.05, 0) is 24.6 Å². The zero-order valence-electron chi connectivity index (χ0n) is 10.4. The van der Waals surface area contributed by atoms with Crippen LogP contribution in [0.2, 0.25) is 0 Å². The topological polar surface area (TPSA) is 49.3 Å². The van der Waals surface area contributed by atoms with Gasteiger partial charge < -0.3 is 10.4 Å². The van der Waals surface area contributed by atoms with Gasteiger partial charge >= 0.3 is 0 Å². The van der Waals surface area contributed by atoms with Crippen LogP contribution in [-0.4, -0.2) is 17.6 Å². The molecule has 1 rings (SSSR count). The molecule has 0 fully saturated rings. The largest absolute Gasteiger partial charge is 0.384 e. The quantitative estimate of drug-likeness (QED) is 0.764. The monoisotopic (exact) mass is 231 g/mol. The first-order valence-electron chi connectivity index (χ1n) is 5.56. The number of rotatable bonds is 2. The molecule has 2 N–H and O–H groups in total. The molecule has 0 spiro atoms. The number of carbonyl (C=O) groups is 1. The van der Waals surface area contributed by atoms with E-state index in [1.807, 2.05) is 39.0 Å². The highest BCUT2D eigenvalue weighted by Gasteiger charge is 2.09. The van der Waals surface area contributed by atoms with E-state index in [9.17, 15) is 4.79 Å². The van der Waals surface area contributed by atoms with Gasteiger partial charge in [-0.1, -0.05) is 31.8 Å². The molecule has 3 heteroatoms. The number of hydrogen-bond acceptors (Lipinski definition) is 2. The second kappa shape index (κ2) is 6.07. The van der Waals surface area contributed by atoms with Crippen molar-refractivity contribution < 1.29 is 9.90 Å². The van der Waals surface area contributed by atoms with Gasteiger partial charge in [0.2, 0.25) is 5.91 Å². The van der Waals surface area contributed by atoms with Gasteiger partial charge in [0.1, 0.15) is 6.61 Å². The fourth-order valence-electron chi connectivity index (χ4n) is 1.28. The molecular weight excluding hydrogens is 214 g/mol. The molecule has 0 atom stereocenters. The van der Waals surface area contributed by atoms with Crippen molar-refractivity contribution in [2.75, 3.05) is 11.9 Å². The van der Waals surface area contributed by atoms with Gasteiger partial charge in [0.15, 0.2) is 0 Å². The molecule has 0 aromatic heterocycles. The Balaban J connectivity index is 3.02. The molecule has 3 nitrogen and oxygen atoms in total. The molecule has 0 aliphatic heterocycles. The summed E-state index contributed by atoms with van der Waals surface area (Å²) in [5.74, 6) is 5.31. The molecule has 0 heterocycles. The molecular formula is C14H17NO2. The number of amides is 1. The van der Waals surface area contributed by atoms with E-state index in [1.54, 1.807) is 0 Å². The lowest BCUT2D eigenvalue weighted by Crippen LogP contribution is -2.18. The van der Waals surface area contributed by atoms with Crippen LogP contribution in [0.4, 0.5) is 5.69 Å². The number of aryl methyl sites for hydroxylation is 1. The number of nitrogens with one attached hydrogen (secondary N) is 1. The van der Waals surface area contributed by atoms with E-state index in [0.717, 1.165) is 11.1 Å². The molecule has 1 aromatic rings. The van der Waals surface area contributed by atoms with Crippen molar-refractivity contribution in [3.63, 3.8) is 0 Å². The summed E-state index contributed by atoms with van der Waals surface area (Å²) in [4.78, 5) is 11.6. The summed E-state index contributed by atoms with van der Waals surface area (Å²) < 4.78 is 0. The first-order valence-corrected chi connectivity index (χ1v) is 5.56. The van der Waals surface area contributed by atoms with Gasteiger partial charge in [-0.25, -0.2) is 0 Å². The highest BCUT2D eigenvalue weighted by atomic mass is 16.2. The number of hydrogen-bond donors (Lipinski definition) is 2.